The Kier molecular flexibility index (Phi) is 18.3. The van der Waals surface area contributed by atoms with Crippen LogP contribution in [-0.4, -0.2) is 73.6 Å². The molecular formula is C66H56F5N9O6S3. The molecule has 0 amide bonds. The Labute approximate surface area is 509 Å². The van der Waals surface area contributed by atoms with Gasteiger partial charge in [0.2, 0.25) is 30.1 Å². The molecule has 23 heteroatoms. The molecule has 89 heavy (non-hydrogen) atoms. The zero-order valence-corrected chi connectivity index (χ0v) is 50.0. The van der Waals surface area contributed by atoms with Crippen LogP contribution in [0.5, 0.6) is 0 Å². The molecule has 0 fully saturated rings. The van der Waals surface area contributed by atoms with Crippen molar-refractivity contribution in [2.45, 2.75) is 46.5 Å². The van der Waals surface area contributed by atoms with Crippen molar-refractivity contribution in [1.29, 1.82) is 0 Å². The Morgan fingerprint density at radius 1 is 0.449 bits per heavy atom. The van der Waals surface area contributed by atoms with Crippen LogP contribution in [0.15, 0.2) is 215 Å². The normalized spacial score (nSPS) is 12.2. The fraction of sp³-hybridized carbons (Fsp3) is 0.106. The summed E-state index contributed by atoms with van der Waals surface area (Å²) in [5.74, 6) is 0.883. The van der Waals surface area contributed by atoms with Crippen molar-refractivity contribution in [3.63, 3.8) is 0 Å². The van der Waals surface area contributed by atoms with E-state index in [-0.39, 0.29) is 14.7 Å². The molecular weight excluding hydrogens is 1210 g/mol. The van der Waals surface area contributed by atoms with Gasteiger partial charge in [-0.3, -0.25) is 0 Å². The van der Waals surface area contributed by atoms with Gasteiger partial charge < -0.3 is 15.0 Å². The second kappa shape index (κ2) is 26.1. The molecule has 0 aliphatic carbocycles. The minimum atomic E-state index is -4.37. The number of nitrogens with one attached hydrogen (secondary N) is 3. The van der Waals surface area contributed by atoms with E-state index in [4.69, 9.17) is 10.3 Å². The molecule has 0 spiro atoms. The van der Waals surface area contributed by atoms with Crippen molar-refractivity contribution in [2.24, 2.45) is 10.3 Å². The van der Waals surface area contributed by atoms with Crippen LogP contribution in [0, 0.1) is 11.6 Å². The number of aromatic nitrogens is 6. The Bertz CT molecular complexity index is 4920. The molecule has 3 aromatic heterocycles. The lowest BCUT2D eigenvalue weighted by molar-refractivity contribution is -0.137. The fourth-order valence-electron chi connectivity index (χ4n) is 9.89. The van der Waals surface area contributed by atoms with E-state index in [0.717, 1.165) is 59.0 Å². The molecule has 15 nitrogen and oxygen atoms in total. The standard InChI is InChI=1S/C24H20F3N3O2S.C21H17F2N3O2S.C21H19N3O2S/c1-30(2)33(31,32)22-6-4-3-5-19(22)17-10-13-20-21(15-17)29-23(28-20)14-9-16-7-11-18(12-8-16)24(25,26)27;22-15-9-13(10-16(23)12-15)5-8-21-25-18-7-6-14(11-19(18)26-21)17-3-1-2-4-20(17)29(24,27)28;22-27(25,26)20-9-5-4-8-17(20)16-11-12-18-19(14-16)24-21(23-18)13-10-15-6-2-1-3-7-15/h3-15H,1-2H3,(H,28,29);1-4,6-7,9-12H,5,8H2,(H,25,26)(H2,24,27,28);1-9,11-12,14H,10,13H2,(H,23,24)(H2,22,25,26)/b14-9+;;. The number of primary sulfonamides is 2. The number of hydrogen-bond donors (Lipinski definition) is 5. The molecule has 0 aliphatic heterocycles. The number of fused-ring (bicyclic) bond motifs is 3. The van der Waals surface area contributed by atoms with Crippen LogP contribution in [0.4, 0.5) is 22.0 Å². The molecule has 3 heterocycles. The van der Waals surface area contributed by atoms with Gasteiger partial charge in [0.15, 0.2) is 0 Å². The molecule has 0 saturated carbocycles. The molecule has 0 atom stereocenters. The number of aromatic amines is 3. The number of aryl methyl sites for hydroxylation is 4. The lowest BCUT2D eigenvalue weighted by Gasteiger charge is -2.15. The SMILES string of the molecule is CN(C)S(=O)(=O)c1ccccc1-c1ccc2nc(/C=C/c3ccc(C(F)(F)F)cc3)[nH]c2c1.NS(=O)(=O)c1ccccc1-c1ccc2nc(CCc3cc(F)cc(F)c3)[nH]c2c1.NS(=O)(=O)c1ccccc1-c1ccc2nc(CCc3ccccc3)[nH]c2c1. The molecule has 454 valence electrons. The first-order valence-electron chi connectivity index (χ1n) is 27.4. The average Bonchev–Trinajstić information content (AvgIpc) is 1.89. The van der Waals surface area contributed by atoms with Gasteiger partial charge in [0.1, 0.15) is 29.1 Å². The van der Waals surface area contributed by atoms with Gasteiger partial charge >= 0.3 is 6.18 Å². The monoisotopic (exact) mass is 1260 g/mol. The first-order valence-corrected chi connectivity index (χ1v) is 32.0. The molecule has 9 aromatic carbocycles. The Morgan fingerprint density at radius 3 is 1.33 bits per heavy atom. The molecule has 0 radical (unpaired) electrons. The van der Waals surface area contributed by atoms with E-state index in [1.165, 1.54) is 60.4 Å². The second-order valence-corrected chi connectivity index (χ2v) is 25.9. The highest BCUT2D eigenvalue weighted by Gasteiger charge is 2.30. The Morgan fingerprint density at radius 2 is 0.865 bits per heavy atom. The van der Waals surface area contributed by atoms with Crippen LogP contribution in [0.3, 0.4) is 0 Å². The van der Waals surface area contributed by atoms with E-state index in [9.17, 15) is 47.2 Å². The van der Waals surface area contributed by atoms with E-state index < -0.39 is 53.4 Å². The number of nitrogens with two attached hydrogens (primary N) is 2. The van der Waals surface area contributed by atoms with E-state index in [1.54, 1.807) is 103 Å². The fourth-order valence-corrected chi connectivity index (χ4v) is 12.5. The van der Waals surface area contributed by atoms with Gasteiger partial charge in [0.25, 0.3) is 0 Å². The maximum Gasteiger partial charge on any atom is 0.416 e. The predicted octanol–water partition coefficient (Wildman–Crippen LogP) is 13.3. The summed E-state index contributed by atoms with van der Waals surface area (Å²) >= 11 is 0. The number of sulfonamides is 3. The molecule has 12 rings (SSSR count). The van der Waals surface area contributed by atoms with E-state index in [2.05, 4.69) is 42.0 Å². The first kappa shape index (κ1) is 62.6. The second-order valence-electron chi connectivity index (χ2n) is 20.8. The maximum absolute atomic E-state index is 13.3. The van der Waals surface area contributed by atoms with Gasteiger partial charge in [0, 0.05) is 49.7 Å². The van der Waals surface area contributed by atoms with Gasteiger partial charge in [-0.25, -0.2) is 63.6 Å². The third kappa shape index (κ3) is 15.3. The van der Waals surface area contributed by atoms with Crippen molar-refractivity contribution < 1.29 is 47.2 Å². The topological polar surface area (TPSA) is 244 Å². The smallest absolute Gasteiger partial charge is 0.342 e. The highest BCUT2D eigenvalue weighted by Crippen LogP contribution is 2.34. The number of benzene rings is 9. The number of halogens is 5. The minimum absolute atomic E-state index is 0.0484. The molecule has 0 unspecified atom stereocenters. The van der Waals surface area contributed by atoms with Crippen molar-refractivity contribution in [3.05, 3.63) is 252 Å². The zero-order valence-electron chi connectivity index (χ0n) is 47.5. The third-order valence-corrected chi connectivity index (χ3v) is 18.1. The summed E-state index contributed by atoms with van der Waals surface area (Å²) in [6.07, 6.45) is 1.58. The number of H-pyrrole nitrogens is 3. The van der Waals surface area contributed by atoms with Gasteiger partial charge in [-0.1, -0.05) is 121 Å². The summed E-state index contributed by atoms with van der Waals surface area (Å²) in [6.45, 7) is 0. The lowest BCUT2D eigenvalue weighted by Crippen LogP contribution is -2.22. The largest absolute Gasteiger partial charge is 0.416 e. The number of imidazole rings is 3. The van der Waals surface area contributed by atoms with Crippen LogP contribution in [0.1, 0.15) is 39.7 Å². The quantitative estimate of drug-likeness (QED) is 0.0612. The summed E-state index contributed by atoms with van der Waals surface area (Å²) in [7, 11) is -8.32. The lowest BCUT2D eigenvalue weighted by atomic mass is 10.1. The van der Waals surface area contributed by atoms with E-state index in [1.807, 2.05) is 42.5 Å². The summed E-state index contributed by atoms with van der Waals surface area (Å²) in [5, 5.41) is 10.7. The highest BCUT2D eigenvalue weighted by molar-refractivity contribution is 7.89. The molecule has 0 bridgehead atoms. The summed E-state index contributed by atoms with van der Waals surface area (Å²) < 4.78 is 139. The third-order valence-electron chi connectivity index (χ3n) is 14.3. The average molecular weight is 1260 g/mol. The van der Waals surface area contributed by atoms with Gasteiger partial charge in [-0.05, 0) is 131 Å². The number of hydrogen-bond acceptors (Lipinski definition) is 9. The number of alkyl halides is 3. The van der Waals surface area contributed by atoms with Crippen molar-refractivity contribution in [2.75, 3.05) is 14.1 Å². The molecule has 7 N–H and O–H groups in total. The highest BCUT2D eigenvalue weighted by atomic mass is 32.2. The molecule has 12 aromatic rings. The van der Waals surface area contributed by atoms with Crippen LogP contribution in [0.25, 0.3) is 78.6 Å². The minimum Gasteiger partial charge on any atom is -0.342 e. The van der Waals surface area contributed by atoms with Gasteiger partial charge in [-0.2, -0.15) is 13.2 Å². The van der Waals surface area contributed by atoms with Crippen LogP contribution < -0.4 is 10.3 Å². The summed E-state index contributed by atoms with van der Waals surface area (Å²) in [6, 6.07) is 55.0. The van der Waals surface area contributed by atoms with Crippen molar-refractivity contribution in [3.8, 4) is 33.4 Å². The molecule has 0 aliphatic rings. The Balaban J connectivity index is 0.000000148. The Hall–Kier alpha value is -9.49. The van der Waals surface area contributed by atoms with Crippen molar-refractivity contribution in [1.82, 2.24) is 34.2 Å². The maximum atomic E-state index is 13.3. The number of nitrogens with zero attached hydrogens (tertiary/aromatic N) is 4. The van der Waals surface area contributed by atoms with Crippen LogP contribution >= 0.6 is 0 Å². The van der Waals surface area contributed by atoms with E-state index in [0.29, 0.717) is 80.0 Å². The van der Waals surface area contributed by atoms with Crippen LogP contribution in [-0.2, 0) is 61.9 Å². The first-order chi connectivity index (χ1) is 42.3. The summed E-state index contributed by atoms with van der Waals surface area (Å²) in [5.41, 5.74) is 10.1. The van der Waals surface area contributed by atoms with Crippen molar-refractivity contribution >= 4 is 75.3 Å². The predicted molar refractivity (Wildman–Crippen MR) is 336 cm³/mol. The van der Waals surface area contributed by atoms with Crippen LogP contribution in [0.2, 0.25) is 0 Å². The van der Waals surface area contributed by atoms with E-state index >= 15 is 0 Å². The zero-order chi connectivity index (χ0) is 63.3. The molecule has 0 saturated heterocycles. The number of rotatable bonds is 15. The summed E-state index contributed by atoms with van der Waals surface area (Å²) in [4.78, 5) is 23.7. The van der Waals surface area contributed by atoms with Gasteiger partial charge in [0.05, 0.1) is 53.4 Å². The van der Waals surface area contributed by atoms with Gasteiger partial charge in [-0.15, -0.1) is 0 Å².